The van der Waals surface area contributed by atoms with E-state index in [1.165, 1.54) is 19.3 Å². The summed E-state index contributed by atoms with van der Waals surface area (Å²) < 4.78 is 7.46. The topological polar surface area (TPSA) is 73.1 Å². The maximum atomic E-state index is 13.0. The molecule has 7 nitrogen and oxygen atoms in total. The van der Waals surface area contributed by atoms with Crippen LogP contribution in [-0.4, -0.2) is 56.4 Å². The molecule has 0 bridgehead atoms. The Morgan fingerprint density at radius 2 is 2.00 bits per heavy atom. The highest BCUT2D eigenvalue weighted by Gasteiger charge is 2.28. The number of nitrogens with zero attached hydrogens (tertiary/aromatic N) is 5. The molecule has 1 amide bonds. The minimum Gasteiger partial charge on any atom is -0.376 e. The van der Waals surface area contributed by atoms with E-state index in [-0.39, 0.29) is 12.0 Å². The summed E-state index contributed by atoms with van der Waals surface area (Å²) in [6, 6.07) is 3.65. The van der Waals surface area contributed by atoms with Crippen molar-refractivity contribution in [2.24, 2.45) is 5.92 Å². The zero-order valence-electron chi connectivity index (χ0n) is 14.3. The largest absolute Gasteiger partial charge is 0.376 e. The highest BCUT2D eigenvalue weighted by molar-refractivity contribution is 5.94. The Morgan fingerprint density at radius 3 is 2.60 bits per heavy atom. The van der Waals surface area contributed by atoms with Gasteiger partial charge in [-0.25, -0.2) is 4.98 Å². The number of pyridine rings is 1. The van der Waals surface area contributed by atoms with Crippen molar-refractivity contribution >= 4 is 5.91 Å². The van der Waals surface area contributed by atoms with E-state index in [4.69, 9.17) is 4.74 Å². The van der Waals surface area contributed by atoms with Gasteiger partial charge in [0.2, 0.25) is 0 Å². The van der Waals surface area contributed by atoms with Crippen molar-refractivity contribution in [1.82, 2.24) is 24.6 Å². The van der Waals surface area contributed by atoms with Gasteiger partial charge >= 0.3 is 0 Å². The molecule has 132 valence electrons. The van der Waals surface area contributed by atoms with Crippen LogP contribution in [0.2, 0.25) is 0 Å². The van der Waals surface area contributed by atoms with Crippen LogP contribution in [0.3, 0.4) is 0 Å². The van der Waals surface area contributed by atoms with E-state index in [9.17, 15) is 4.79 Å². The Morgan fingerprint density at radius 1 is 1.16 bits per heavy atom. The molecule has 2 aliphatic rings. The third-order valence-corrected chi connectivity index (χ3v) is 5.12. The zero-order valence-corrected chi connectivity index (χ0v) is 14.3. The normalized spacial score (nSPS) is 20.4. The Bertz CT molecular complexity index is 691. The fraction of sp³-hybridized carbons (Fsp3) is 0.556. The molecule has 1 atom stereocenters. The lowest BCUT2D eigenvalue weighted by Gasteiger charge is -2.33. The van der Waals surface area contributed by atoms with Gasteiger partial charge in [-0.15, -0.1) is 10.2 Å². The van der Waals surface area contributed by atoms with E-state index in [1.807, 2.05) is 17.0 Å². The van der Waals surface area contributed by atoms with Gasteiger partial charge in [0.15, 0.2) is 0 Å². The molecule has 0 spiro atoms. The minimum absolute atomic E-state index is 0.0465. The number of aromatic nitrogens is 4. The first-order valence-electron chi connectivity index (χ1n) is 9.01. The van der Waals surface area contributed by atoms with Gasteiger partial charge in [0, 0.05) is 25.9 Å². The Kier molecular flexibility index (Phi) is 4.74. The van der Waals surface area contributed by atoms with Crippen LogP contribution in [0, 0.1) is 5.92 Å². The van der Waals surface area contributed by atoms with Crippen LogP contribution < -0.4 is 0 Å². The summed E-state index contributed by atoms with van der Waals surface area (Å²) in [4.78, 5) is 19.3. The highest BCUT2D eigenvalue weighted by atomic mass is 16.5. The Balaban J connectivity index is 1.47. The summed E-state index contributed by atoms with van der Waals surface area (Å²) in [5, 5.41) is 7.55. The summed E-state index contributed by atoms with van der Waals surface area (Å²) in [6.45, 7) is 2.32. The maximum Gasteiger partial charge on any atom is 0.255 e. The highest BCUT2D eigenvalue weighted by Crippen LogP contribution is 2.28. The van der Waals surface area contributed by atoms with Gasteiger partial charge in [-0.05, 0) is 43.7 Å². The molecule has 25 heavy (non-hydrogen) atoms. The SMILES string of the molecule is O=C(c1ccc(-n2cnnc2)nc1)N(CC1CCC1)CC1CCCO1. The van der Waals surface area contributed by atoms with Crippen LogP contribution in [0.5, 0.6) is 0 Å². The first kappa shape index (κ1) is 16.2. The smallest absolute Gasteiger partial charge is 0.255 e. The molecular formula is C18H23N5O2. The predicted octanol–water partition coefficient (Wildman–Crippen LogP) is 2.08. The quantitative estimate of drug-likeness (QED) is 0.804. The van der Waals surface area contributed by atoms with Gasteiger partial charge in [-0.3, -0.25) is 9.36 Å². The van der Waals surface area contributed by atoms with Gasteiger partial charge in [-0.1, -0.05) is 6.42 Å². The fourth-order valence-electron chi connectivity index (χ4n) is 3.43. The zero-order chi connectivity index (χ0) is 17.1. The average molecular weight is 341 g/mol. The van der Waals surface area contributed by atoms with Gasteiger partial charge in [-0.2, -0.15) is 0 Å². The van der Waals surface area contributed by atoms with Crippen molar-refractivity contribution in [3.05, 3.63) is 36.5 Å². The van der Waals surface area contributed by atoms with E-state index in [1.54, 1.807) is 23.4 Å². The molecule has 1 aliphatic carbocycles. The molecule has 0 aromatic carbocycles. The van der Waals surface area contributed by atoms with Gasteiger partial charge in [0.25, 0.3) is 5.91 Å². The van der Waals surface area contributed by atoms with E-state index in [2.05, 4.69) is 15.2 Å². The summed E-state index contributed by atoms with van der Waals surface area (Å²) in [7, 11) is 0. The second kappa shape index (κ2) is 7.31. The first-order chi connectivity index (χ1) is 12.3. The van der Waals surface area contributed by atoms with Gasteiger partial charge < -0.3 is 9.64 Å². The summed E-state index contributed by atoms with van der Waals surface area (Å²) in [5.41, 5.74) is 0.620. The molecule has 1 aliphatic heterocycles. The van der Waals surface area contributed by atoms with Crippen LogP contribution in [0.1, 0.15) is 42.5 Å². The van der Waals surface area contributed by atoms with Crippen molar-refractivity contribution in [2.75, 3.05) is 19.7 Å². The second-order valence-electron chi connectivity index (χ2n) is 6.92. The standard InChI is InChI=1S/C18H23N5O2/c24-18(15-6-7-17(19-9-15)23-12-20-21-13-23)22(10-14-3-1-4-14)11-16-5-2-8-25-16/h6-7,9,12-14,16H,1-5,8,10-11H2. The lowest BCUT2D eigenvalue weighted by molar-refractivity contribution is 0.0447. The average Bonchev–Trinajstić information content (AvgIpc) is 3.30. The van der Waals surface area contributed by atoms with Crippen molar-refractivity contribution in [2.45, 2.75) is 38.2 Å². The fourth-order valence-corrected chi connectivity index (χ4v) is 3.43. The van der Waals surface area contributed by atoms with Crippen LogP contribution in [0.25, 0.3) is 5.82 Å². The summed E-state index contributed by atoms with van der Waals surface area (Å²) in [5.74, 6) is 1.38. The number of amides is 1. The molecule has 0 N–H and O–H groups in total. The van der Waals surface area contributed by atoms with E-state index in [0.717, 1.165) is 26.0 Å². The van der Waals surface area contributed by atoms with E-state index in [0.29, 0.717) is 23.8 Å². The lowest BCUT2D eigenvalue weighted by atomic mass is 9.85. The Labute approximate surface area is 147 Å². The Hall–Kier alpha value is -2.28. The monoisotopic (exact) mass is 341 g/mol. The van der Waals surface area contributed by atoms with Crippen molar-refractivity contribution in [3.8, 4) is 5.82 Å². The number of carbonyl (C=O) groups is 1. The maximum absolute atomic E-state index is 13.0. The number of hydrogen-bond acceptors (Lipinski definition) is 5. The predicted molar refractivity (Wildman–Crippen MR) is 91.4 cm³/mol. The van der Waals surface area contributed by atoms with Crippen molar-refractivity contribution < 1.29 is 9.53 Å². The molecule has 2 fully saturated rings. The number of hydrogen-bond donors (Lipinski definition) is 0. The van der Waals surface area contributed by atoms with E-state index < -0.39 is 0 Å². The first-order valence-corrected chi connectivity index (χ1v) is 9.01. The van der Waals surface area contributed by atoms with Crippen molar-refractivity contribution in [1.29, 1.82) is 0 Å². The van der Waals surface area contributed by atoms with Crippen LogP contribution in [0.15, 0.2) is 31.0 Å². The molecule has 1 saturated carbocycles. The third kappa shape index (κ3) is 3.71. The number of rotatable bonds is 6. The second-order valence-corrected chi connectivity index (χ2v) is 6.92. The molecule has 1 unspecified atom stereocenters. The van der Waals surface area contributed by atoms with E-state index >= 15 is 0 Å². The molecular weight excluding hydrogens is 318 g/mol. The van der Waals surface area contributed by atoms with Gasteiger partial charge in [0.1, 0.15) is 18.5 Å². The van der Waals surface area contributed by atoms with Crippen LogP contribution in [-0.2, 0) is 4.74 Å². The lowest BCUT2D eigenvalue weighted by Crippen LogP contribution is -2.41. The van der Waals surface area contributed by atoms with Gasteiger partial charge in [0.05, 0.1) is 11.7 Å². The molecule has 3 heterocycles. The minimum atomic E-state index is 0.0465. The molecule has 2 aromatic heterocycles. The summed E-state index contributed by atoms with van der Waals surface area (Å²) >= 11 is 0. The number of ether oxygens (including phenoxy) is 1. The number of carbonyl (C=O) groups excluding carboxylic acids is 1. The van der Waals surface area contributed by atoms with Crippen LogP contribution >= 0.6 is 0 Å². The molecule has 0 radical (unpaired) electrons. The molecule has 7 heteroatoms. The summed E-state index contributed by atoms with van der Waals surface area (Å²) in [6.07, 6.45) is 10.8. The third-order valence-electron chi connectivity index (χ3n) is 5.12. The molecule has 4 rings (SSSR count). The van der Waals surface area contributed by atoms with Crippen molar-refractivity contribution in [3.63, 3.8) is 0 Å². The van der Waals surface area contributed by atoms with Crippen LogP contribution in [0.4, 0.5) is 0 Å². The molecule has 1 saturated heterocycles. The molecule has 2 aromatic rings.